The number of rotatable bonds is 0. The Labute approximate surface area is 84.8 Å². The summed E-state index contributed by atoms with van der Waals surface area (Å²) < 4.78 is 0. The van der Waals surface area contributed by atoms with E-state index in [4.69, 9.17) is 5.73 Å². The molecule has 0 atom stereocenters. The van der Waals surface area contributed by atoms with Crippen molar-refractivity contribution >= 4 is 16.7 Å². The molecule has 1 aromatic heterocycles. The van der Waals surface area contributed by atoms with Crippen molar-refractivity contribution in [2.45, 2.75) is 20.8 Å². The van der Waals surface area contributed by atoms with E-state index in [0.717, 1.165) is 10.9 Å². The summed E-state index contributed by atoms with van der Waals surface area (Å²) in [5, 5.41) is 1.14. The van der Waals surface area contributed by atoms with Gasteiger partial charge in [0.05, 0.1) is 5.52 Å². The van der Waals surface area contributed by atoms with Crippen LogP contribution in [0.2, 0.25) is 0 Å². The van der Waals surface area contributed by atoms with Crippen LogP contribution in [0.4, 0.5) is 5.82 Å². The van der Waals surface area contributed by atoms with E-state index in [1.165, 1.54) is 5.56 Å². The molecule has 0 aliphatic rings. The van der Waals surface area contributed by atoms with Crippen molar-refractivity contribution in [3.05, 3.63) is 35.9 Å². The van der Waals surface area contributed by atoms with Gasteiger partial charge in [0.15, 0.2) is 0 Å². The zero-order chi connectivity index (χ0) is 10.6. The Morgan fingerprint density at radius 3 is 2.50 bits per heavy atom. The molecule has 1 heterocycles. The summed E-state index contributed by atoms with van der Waals surface area (Å²) >= 11 is 0. The molecule has 0 spiro atoms. The van der Waals surface area contributed by atoms with Crippen molar-refractivity contribution in [2.75, 3.05) is 5.73 Å². The van der Waals surface area contributed by atoms with E-state index < -0.39 is 0 Å². The van der Waals surface area contributed by atoms with Crippen LogP contribution in [0.15, 0.2) is 30.3 Å². The topological polar surface area (TPSA) is 38.9 Å². The van der Waals surface area contributed by atoms with Crippen LogP contribution in [-0.4, -0.2) is 4.98 Å². The second kappa shape index (κ2) is 4.61. The van der Waals surface area contributed by atoms with Crippen molar-refractivity contribution in [3.8, 4) is 0 Å². The maximum absolute atomic E-state index is 5.58. The van der Waals surface area contributed by atoms with Crippen molar-refractivity contribution < 1.29 is 0 Å². The lowest BCUT2D eigenvalue weighted by atomic mass is 10.1. The van der Waals surface area contributed by atoms with Crippen LogP contribution in [0.25, 0.3) is 10.9 Å². The van der Waals surface area contributed by atoms with Gasteiger partial charge in [0, 0.05) is 5.39 Å². The summed E-state index contributed by atoms with van der Waals surface area (Å²) in [4.78, 5) is 4.25. The van der Waals surface area contributed by atoms with Crippen LogP contribution in [0.3, 0.4) is 0 Å². The first-order valence-corrected chi connectivity index (χ1v) is 4.89. The Morgan fingerprint density at radius 1 is 1.07 bits per heavy atom. The zero-order valence-corrected chi connectivity index (χ0v) is 8.91. The molecular formula is C12H16N2. The molecule has 2 nitrogen and oxygen atoms in total. The van der Waals surface area contributed by atoms with Gasteiger partial charge in [-0.2, -0.15) is 0 Å². The number of fused-ring (bicyclic) bond motifs is 1. The van der Waals surface area contributed by atoms with Crippen molar-refractivity contribution in [3.63, 3.8) is 0 Å². The molecule has 0 saturated carbocycles. The zero-order valence-electron chi connectivity index (χ0n) is 8.91. The van der Waals surface area contributed by atoms with E-state index >= 15 is 0 Å². The maximum atomic E-state index is 5.58. The van der Waals surface area contributed by atoms with E-state index in [1.807, 2.05) is 51.1 Å². The van der Waals surface area contributed by atoms with Crippen molar-refractivity contribution in [2.24, 2.45) is 0 Å². The predicted octanol–water partition coefficient (Wildman–Crippen LogP) is 3.15. The fourth-order valence-electron chi connectivity index (χ4n) is 1.31. The van der Waals surface area contributed by atoms with Gasteiger partial charge in [-0.1, -0.05) is 32.0 Å². The predicted molar refractivity (Wildman–Crippen MR) is 62.2 cm³/mol. The molecule has 2 aromatic rings. The van der Waals surface area contributed by atoms with Gasteiger partial charge in [0.25, 0.3) is 0 Å². The molecule has 0 bridgehead atoms. The fraction of sp³-hybridized carbons (Fsp3) is 0.250. The lowest BCUT2D eigenvalue weighted by Crippen LogP contribution is -1.90. The summed E-state index contributed by atoms with van der Waals surface area (Å²) in [6.07, 6.45) is 0. The normalized spacial score (nSPS) is 9.36. The summed E-state index contributed by atoms with van der Waals surface area (Å²) in [5.74, 6) is 0.580. The van der Waals surface area contributed by atoms with Crippen LogP contribution in [-0.2, 0) is 0 Å². The van der Waals surface area contributed by atoms with Gasteiger partial charge in [0.1, 0.15) is 5.82 Å². The van der Waals surface area contributed by atoms with Crippen LogP contribution in [0.5, 0.6) is 0 Å². The standard InChI is InChI=1S/C10H10N2.C2H6/c1-7-3-2-4-8-5-6-9(11)12-10(7)8;1-2/h2-6H,1H3,(H2,11,12);1-2H3. The molecule has 0 amide bonds. The Hall–Kier alpha value is -1.57. The largest absolute Gasteiger partial charge is 0.384 e. The number of para-hydroxylation sites is 1. The van der Waals surface area contributed by atoms with Gasteiger partial charge < -0.3 is 5.73 Å². The molecule has 2 N–H and O–H groups in total. The third-order valence-electron chi connectivity index (χ3n) is 1.94. The molecule has 0 saturated heterocycles. The molecule has 0 fully saturated rings. The lowest BCUT2D eigenvalue weighted by molar-refractivity contribution is 1.37. The Kier molecular flexibility index (Phi) is 3.46. The van der Waals surface area contributed by atoms with E-state index in [-0.39, 0.29) is 0 Å². The van der Waals surface area contributed by atoms with Crippen molar-refractivity contribution in [1.82, 2.24) is 4.98 Å². The number of anilines is 1. The first-order chi connectivity index (χ1) is 6.77. The van der Waals surface area contributed by atoms with E-state index in [1.54, 1.807) is 0 Å². The third kappa shape index (κ3) is 2.02. The number of benzene rings is 1. The number of aromatic nitrogens is 1. The van der Waals surface area contributed by atoms with E-state index in [0.29, 0.717) is 5.82 Å². The molecule has 2 rings (SSSR count). The maximum Gasteiger partial charge on any atom is 0.124 e. The molecule has 0 aliphatic heterocycles. The Balaban J connectivity index is 0.000000461. The summed E-state index contributed by atoms with van der Waals surface area (Å²) in [7, 11) is 0. The number of hydrogen-bond donors (Lipinski definition) is 1. The summed E-state index contributed by atoms with van der Waals surface area (Å²) in [6.45, 7) is 6.04. The second-order valence-electron chi connectivity index (χ2n) is 2.88. The van der Waals surface area contributed by atoms with Gasteiger partial charge in [-0.3, -0.25) is 0 Å². The van der Waals surface area contributed by atoms with Gasteiger partial charge in [-0.25, -0.2) is 4.98 Å². The van der Waals surface area contributed by atoms with Crippen LogP contribution in [0.1, 0.15) is 19.4 Å². The Morgan fingerprint density at radius 2 is 1.79 bits per heavy atom. The second-order valence-corrected chi connectivity index (χ2v) is 2.88. The minimum absolute atomic E-state index is 0.580. The highest BCUT2D eigenvalue weighted by Crippen LogP contribution is 2.16. The van der Waals surface area contributed by atoms with Crippen LogP contribution >= 0.6 is 0 Å². The number of hydrogen-bond acceptors (Lipinski definition) is 2. The van der Waals surface area contributed by atoms with E-state index in [9.17, 15) is 0 Å². The average molecular weight is 188 g/mol. The minimum atomic E-state index is 0.580. The fourth-order valence-corrected chi connectivity index (χ4v) is 1.31. The number of pyridine rings is 1. The van der Waals surface area contributed by atoms with E-state index in [2.05, 4.69) is 4.98 Å². The molecule has 0 aliphatic carbocycles. The van der Waals surface area contributed by atoms with Gasteiger partial charge in [0.2, 0.25) is 0 Å². The first kappa shape index (κ1) is 10.5. The minimum Gasteiger partial charge on any atom is -0.384 e. The van der Waals surface area contributed by atoms with Crippen LogP contribution < -0.4 is 5.73 Å². The summed E-state index contributed by atoms with van der Waals surface area (Å²) in [5.41, 5.74) is 7.75. The highest BCUT2D eigenvalue weighted by atomic mass is 14.8. The first-order valence-electron chi connectivity index (χ1n) is 4.89. The highest BCUT2D eigenvalue weighted by molar-refractivity contribution is 5.82. The monoisotopic (exact) mass is 188 g/mol. The number of nitrogens with zero attached hydrogens (tertiary/aromatic N) is 1. The summed E-state index contributed by atoms with van der Waals surface area (Å²) in [6, 6.07) is 9.91. The number of aryl methyl sites for hydroxylation is 1. The number of nitrogens with two attached hydrogens (primary N) is 1. The van der Waals surface area contributed by atoms with Gasteiger partial charge >= 0.3 is 0 Å². The molecule has 1 aromatic carbocycles. The number of nitrogen functional groups attached to an aromatic ring is 1. The van der Waals surface area contributed by atoms with Gasteiger partial charge in [-0.15, -0.1) is 0 Å². The molecule has 0 unspecified atom stereocenters. The van der Waals surface area contributed by atoms with Crippen molar-refractivity contribution in [1.29, 1.82) is 0 Å². The Bertz CT molecular complexity index is 422. The lowest BCUT2D eigenvalue weighted by Gasteiger charge is -2.00. The average Bonchev–Trinajstić information content (AvgIpc) is 2.22. The van der Waals surface area contributed by atoms with Gasteiger partial charge in [-0.05, 0) is 24.6 Å². The smallest absolute Gasteiger partial charge is 0.124 e. The molecule has 0 radical (unpaired) electrons. The molecule has 14 heavy (non-hydrogen) atoms. The molecule has 2 heteroatoms. The quantitative estimate of drug-likeness (QED) is 0.689. The van der Waals surface area contributed by atoms with Crippen LogP contribution in [0, 0.1) is 6.92 Å². The highest BCUT2D eigenvalue weighted by Gasteiger charge is 1.97. The SMILES string of the molecule is CC.Cc1cccc2ccc(N)nc12. The molecule has 74 valence electrons. The third-order valence-corrected chi connectivity index (χ3v) is 1.94. The molecular weight excluding hydrogens is 172 g/mol.